The lowest BCUT2D eigenvalue weighted by molar-refractivity contribution is -0.121. The van der Waals surface area contributed by atoms with Gasteiger partial charge < -0.3 is 11.1 Å². The lowest BCUT2D eigenvalue weighted by atomic mass is 10.1. The molecule has 1 amide bonds. The molecule has 0 aliphatic heterocycles. The number of carbonyl (C=O) groups excluding carboxylic acids is 1. The van der Waals surface area contributed by atoms with Gasteiger partial charge in [-0.25, -0.2) is 13.6 Å². The average molecular weight is 313 g/mol. The van der Waals surface area contributed by atoms with Gasteiger partial charge >= 0.3 is 0 Å². The lowest BCUT2D eigenvalue weighted by Gasteiger charge is -2.10. The molecule has 0 aliphatic carbocycles. The molecule has 1 unspecified atom stereocenters. The van der Waals surface area contributed by atoms with Crippen LogP contribution in [0.3, 0.4) is 0 Å². The van der Waals surface area contributed by atoms with E-state index in [0.29, 0.717) is 19.4 Å². The molecule has 1 atom stereocenters. The lowest BCUT2D eigenvalue weighted by Crippen LogP contribution is -2.32. The zero-order chi connectivity index (χ0) is 15.9. The number of nitrogens with two attached hydrogens (primary N) is 2. The van der Waals surface area contributed by atoms with Gasteiger partial charge in [0, 0.05) is 19.0 Å². The summed E-state index contributed by atoms with van der Waals surface area (Å²) in [5.74, 6) is -0.0582. The van der Waals surface area contributed by atoms with E-state index in [1.165, 1.54) is 12.1 Å². The first-order valence-corrected chi connectivity index (χ1v) is 8.51. The number of rotatable bonds is 8. The number of carbonyl (C=O) groups is 1. The van der Waals surface area contributed by atoms with Gasteiger partial charge in [0.25, 0.3) is 0 Å². The Morgan fingerprint density at radius 2 is 1.90 bits per heavy atom. The van der Waals surface area contributed by atoms with E-state index in [-0.39, 0.29) is 16.8 Å². The number of hydrogen-bond donors (Lipinski definition) is 3. The molecular formula is C14H23N3O3S. The fraction of sp³-hybridized carbons (Fsp3) is 0.500. The summed E-state index contributed by atoms with van der Waals surface area (Å²) in [6.07, 6.45) is 2.76. The minimum atomic E-state index is -3.66. The zero-order valence-electron chi connectivity index (χ0n) is 12.2. The first-order valence-electron chi connectivity index (χ1n) is 6.97. The van der Waals surface area contributed by atoms with Crippen LogP contribution in [-0.2, 0) is 21.2 Å². The van der Waals surface area contributed by atoms with Crippen LogP contribution in [0.15, 0.2) is 29.2 Å². The van der Waals surface area contributed by atoms with E-state index in [0.717, 1.165) is 18.4 Å². The number of nitrogens with one attached hydrogen (secondary N) is 1. The van der Waals surface area contributed by atoms with Crippen LogP contribution in [0, 0.1) is 0 Å². The molecule has 21 heavy (non-hydrogen) atoms. The van der Waals surface area contributed by atoms with Gasteiger partial charge in [-0.15, -0.1) is 0 Å². The molecule has 0 fully saturated rings. The fourth-order valence-electron chi connectivity index (χ4n) is 1.98. The van der Waals surface area contributed by atoms with Gasteiger partial charge in [0.05, 0.1) is 4.90 Å². The van der Waals surface area contributed by atoms with Crippen LogP contribution in [0.25, 0.3) is 0 Å². The van der Waals surface area contributed by atoms with Crippen molar-refractivity contribution in [1.82, 2.24) is 5.32 Å². The highest BCUT2D eigenvalue weighted by Crippen LogP contribution is 2.09. The zero-order valence-corrected chi connectivity index (χ0v) is 13.0. The highest BCUT2D eigenvalue weighted by atomic mass is 32.2. The summed E-state index contributed by atoms with van der Waals surface area (Å²) in [6.45, 7) is 2.52. The molecule has 118 valence electrons. The number of benzene rings is 1. The van der Waals surface area contributed by atoms with Crippen LogP contribution in [0.4, 0.5) is 0 Å². The standard InChI is InChI=1S/C14H23N3O3S/c1-2-3-12(15)10-14(18)17-9-8-11-4-6-13(7-5-11)21(16,19)20/h4-7,12H,2-3,8-10,15H2,1H3,(H,17,18)(H2,16,19,20). The molecule has 5 N–H and O–H groups in total. The van der Waals surface area contributed by atoms with E-state index in [1.54, 1.807) is 12.1 Å². The Labute approximate surface area is 126 Å². The van der Waals surface area contributed by atoms with Gasteiger partial charge in [-0.05, 0) is 30.5 Å². The molecule has 0 spiro atoms. The van der Waals surface area contributed by atoms with Crippen molar-refractivity contribution in [1.29, 1.82) is 0 Å². The van der Waals surface area contributed by atoms with Gasteiger partial charge in [-0.3, -0.25) is 4.79 Å². The molecule has 1 aromatic carbocycles. The van der Waals surface area contributed by atoms with E-state index < -0.39 is 10.0 Å². The Morgan fingerprint density at radius 1 is 1.29 bits per heavy atom. The summed E-state index contributed by atoms with van der Waals surface area (Å²) in [4.78, 5) is 11.7. The molecule has 1 aromatic rings. The molecular weight excluding hydrogens is 290 g/mol. The number of sulfonamides is 1. The highest BCUT2D eigenvalue weighted by molar-refractivity contribution is 7.89. The van der Waals surface area contributed by atoms with Crippen molar-refractivity contribution in [3.05, 3.63) is 29.8 Å². The second-order valence-electron chi connectivity index (χ2n) is 5.04. The van der Waals surface area contributed by atoms with Crippen LogP contribution in [0.2, 0.25) is 0 Å². The minimum Gasteiger partial charge on any atom is -0.356 e. The van der Waals surface area contributed by atoms with E-state index in [4.69, 9.17) is 10.9 Å². The summed E-state index contributed by atoms with van der Waals surface area (Å²) in [6, 6.07) is 6.21. The van der Waals surface area contributed by atoms with Gasteiger partial charge in [-0.1, -0.05) is 25.5 Å². The monoisotopic (exact) mass is 313 g/mol. The van der Waals surface area contributed by atoms with Crippen molar-refractivity contribution in [3.8, 4) is 0 Å². The predicted octanol–water partition coefficient (Wildman–Crippen LogP) is 0.510. The van der Waals surface area contributed by atoms with E-state index in [9.17, 15) is 13.2 Å². The molecule has 0 radical (unpaired) electrons. The maximum absolute atomic E-state index is 11.6. The molecule has 0 aromatic heterocycles. The third-order valence-corrected chi connectivity index (χ3v) is 4.02. The SMILES string of the molecule is CCCC(N)CC(=O)NCCc1ccc(S(N)(=O)=O)cc1. The molecule has 0 heterocycles. The smallest absolute Gasteiger partial charge is 0.238 e. The van der Waals surface area contributed by atoms with Crippen LogP contribution < -0.4 is 16.2 Å². The normalized spacial score (nSPS) is 12.9. The summed E-state index contributed by atoms with van der Waals surface area (Å²) >= 11 is 0. The quantitative estimate of drug-likeness (QED) is 0.648. The van der Waals surface area contributed by atoms with Gasteiger partial charge in [0.15, 0.2) is 0 Å². The summed E-state index contributed by atoms with van der Waals surface area (Å²) in [5, 5.41) is 7.82. The molecule has 0 bridgehead atoms. The topological polar surface area (TPSA) is 115 Å². The second kappa shape index (κ2) is 8.11. The summed E-state index contributed by atoms with van der Waals surface area (Å²) < 4.78 is 22.2. The Balaban J connectivity index is 2.37. The minimum absolute atomic E-state index is 0.0582. The van der Waals surface area contributed by atoms with Crippen LogP contribution >= 0.6 is 0 Å². The molecule has 0 saturated carbocycles. The van der Waals surface area contributed by atoms with Crippen molar-refractivity contribution < 1.29 is 13.2 Å². The largest absolute Gasteiger partial charge is 0.356 e. The molecule has 6 nitrogen and oxygen atoms in total. The van der Waals surface area contributed by atoms with Gasteiger partial charge in [0.2, 0.25) is 15.9 Å². The Hall–Kier alpha value is -1.44. The fourth-order valence-corrected chi connectivity index (χ4v) is 2.49. The average Bonchev–Trinajstić information content (AvgIpc) is 2.38. The Bertz CT molecular complexity index is 555. The maximum Gasteiger partial charge on any atom is 0.238 e. The number of amides is 1. The van der Waals surface area contributed by atoms with Crippen molar-refractivity contribution in [3.63, 3.8) is 0 Å². The van der Waals surface area contributed by atoms with Crippen molar-refractivity contribution >= 4 is 15.9 Å². The van der Waals surface area contributed by atoms with Crippen molar-refractivity contribution in [2.24, 2.45) is 10.9 Å². The second-order valence-corrected chi connectivity index (χ2v) is 6.60. The van der Waals surface area contributed by atoms with Crippen LogP contribution in [-0.4, -0.2) is 26.9 Å². The third kappa shape index (κ3) is 6.70. The third-order valence-electron chi connectivity index (χ3n) is 3.09. The van der Waals surface area contributed by atoms with Crippen molar-refractivity contribution in [2.45, 2.75) is 43.5 Å². The number of hydrogen-bond acceptors (Lipinski definition) is 4. The molecule has 0 saturated heterocycles. The Kier molecular flexibility index (Phi) is 6.80. The maximum atomic E-state index is 11.6. The van der Waals surface area contributed by atoms with E-state index in [1.807, 2.05) is 6.92 Å². The summed E-state index contributed by atoms with van der Waals surface area (Å²) in [5.41, 5.74) is 6.73. The van der Waals surface area contributed by atoms with E-state index in [2.05, 4.69) is 5.32 Å². The first kappa shape index (κ1) is 17.6. The predicted molar refractivity (Wildman–Crippen MR) is 82.0 cm³/mol. The molecule has 1 rings (SSSR count). The number of primary sulfonamides is 1. The van der Waals surface area contributed by atoms with Gasteiger partial charge in [0.1, 0.15) is 0 Å². The van der Waals surface area contributed by atoms with Crippen molar-refractivity contribution in [2.75, 3.05) is 6.54 Å². The highest BCUT2D eigenvalue weighted by Gasteiger charge is 2.09. The van der Waals surface area contributed by atoms with Gasteiger partial charge in [-0.2, -0.15) is 0 Å². The van der Waals surface area contributed by atoms with Crippen LogP contribution in [0.5, 0.6) is 0 Å². The van der Waals surface area contributed by atoms with E-state index >= 15 is 0 Å². The molecule has 7 heteroatoms. The summed E-state index contributed by atoms with van der Waals surface area (Å²) in [7, 11) is -3.66. The van der Waals surface area contributed by atoms with Crippen LogP contribution in [0.1, 0.15) is 31.7 Å². The molecule has 0 aliphatic rings. The first-order chi connectivity index (χ1) is 9.82. The Morgan fingerprint density at radius 3 is 2.43 bits per heavy atom.